The number of nitrogens with zero attached hydrogens (tertiary/aromatic N) is 2. The van der Waals surface area contributed by atoms with Crippen LogP contribution in [0.15, 0.2) is 24.3 Å². The Balaban J connectivity index is 2.50. The van der Waals surface area contributed by atoms with Gasteiger partial charge >= 0.3 is 0 Å². The first kappa shape index (κ1) is 15.1. The van der Waals surface area contributed by atoms with E-state index in [4.69, 9.17) is 0 Å². The van der Waals surface area contributed by atoms with E-state index >= 15 is 0 Å². The van der Waals surface area contributed by atoms with Crippen LogP contribution < -0.4 is 5.32 Å². The predicted molar refractivity (Wildman–Crippen MR) is 72.7 cm³/mol. The van der Waals surface area contributed by atoms with Gasteiger partial charge in [-0.25, -0.2) is 0 Å². The van der Waals surface area contributed by atoms with Gasteiger partial charge in [-0.15, -0.1) is 0 Å². The lowest BCUT2D eigenvalue weighted by molar-refractivity contribution is -0.384. The molecule has 0 heterocycles. The second-order valence-corrected chi connectivity index (χ2v) is 4.82. The predicted octanol–water partition coefficient (Wildman–Crippen LogP) is 1.55. The van der Waals surface area contributed by atoms with E-state index in [2.05, 4.69) is 5.32 Å². The molecule has 0 aliphatic heterocycles. The summed E-state index contributed by atoms with van der Waals surface area (Å²) in [7, 11) is 1.83. The third-order valence-corrected chi connectivity index (χ3v) is 2.46. The van der Waals surface area contributed by atoms with Gasteiger partial charge in [0.25, 0.3) is 5.69 Å². The van der Waals surface area contributed by atoms with Gasteiger partial charge in [-0.1, -0.05) is 12.1 Å². The summed E-state index contributed by atoms with van der Waals surface area (Å²) in [6.07, 6.45) is 0. The second kappa shape index (κ2) is 6.84. The molecule has 0 bridgehead atoms. The summed E-state index contributed by atoms with van der Waals surface area (Å²) in [4.78, 5) is 23.5. The highest BCUT2D eigenvalue weighted by molar-refractivity contribution is 5.78. The molecule has 6 heteroatoms. The average molecular weight is 265 g/mol. The number of rotatable bonds is 6. The molecule has 6 nitrogen and oxygen atoms in total. The highest BCUT2D eigenvalue weighted by atomic mass is 16.6. The number of non-ortho nitro benzene ring substituents is 1. The van der Waals surface area contributed by atoms with Crippen molar-refractivity contribution < 1.29 is 9.72 Å². The van der Waals surface area contributed by atoms with Crippen LogP contribution in [0.4, 0.5) is 5.69 Å². The third-order valence-electron chi connectivity index (χ3n) is 2.46. The quantitative estimate of drug-likeness (QED) is 0.625. The monoisotopic (exact) mass is 265 g/mol. The lowest BCUT2D eigenvalue weighted by Crippen LogP contribution is -2.38. The number of nitro groups is 1. The molecule has 0 saturated heterocycles. The highest BCUT2D eigenvalue weighted by Crippen LogP contribution is 2.12. The van der Waals surface area contributed by atoms with Crippen LogP contribution in [-0.2, 0) is 11.3 Å². The summed E-state index contributed by atoms with van der Waals surface area (Å²) in [5, 5.41) is 13.3. The summed E-state index contributed by atoms with van der Waals surface area (Å²) >= 11 is 0. The number of likely N-dealkylation sites (N-methyl/N-ethyl adjacent to an activating group) is 1. The maximum Gasteiger partial charge on any atom is 0.269 e. The summed E-state index contributed by atoms with van der Waals surface area (Å²) in [5.41, 5.74) is 1.01. The van der Waals surface area contributed by atoms with E-state index in [-0.39, 0.29) is 17.6 Å². The molecule has 19 heavy (non-hydrogen) atoms. The Morgan fingerprint density at radius 3 is 2.42 bits per heavy atom. The molecular weight excluding hydrogens is 246 g/mol. The van der Waals surface area contributed by atoms with Crippen molar-refractivity contribution in [2.45, 2.75) is 26.4 Å². The third kappa shape index (κ3) is 5.48. The van der Waals surface area contributed by atoms with Crippen molar-refractivity contribution in [1.82, 2.24) is 10.2 Å². The number of hydrogen-bond donors (Lipinski definition) is 1. The lowest BCUT2D eigenvalue weighted by atomic mass is 10.2. The average Bonchev–Trinajstić information content (AvgIpc) is 2.27. The van der Waals surface area contributed by atoms with E-state index in [0.29, 0.717) is 13.1 Å². The van der Waals surface area contributed by atoms with E-state index in [1.165, 1.54) is 12.1 Å². The number of nitro benzene ring substituents is 1. The van der Waals surface area contributed by atoms with Crippen molar-refractivity contribution >= 4 is 11.6 Å². The van der Waals surface area contributed by atoms with Crippen LogP contribution in [0.3, 0.4) is 0 Å². The molecule has 1 N–H and O–H groups in total. The Bertz CT molecular complexity index is 443. The minimum atomic E-state index is -0.427. The summed E-state index contributed by atoms with van der Waals surface area (Å²) < 4.78 is 0. The van der Waals surface area contributed by atoms with Crippen molar-refractivity contribution in [2.75, 3.05) is 13.6 Å². The van der Waals surface area contributed by atoms with Crippen LogP contribution in [0.5, 0.6) is 0 Å². The fourth-order valence-electron chi connectivity index (χ4n) is 1.70. The molecular formula is C13H19N3O3. The Hall–Kier alpha value is -1.95. The number of hydrogen-bond acceptors (Lipinski definition) is 4. The fourth-order valence-corrected chi connectivity index (χ4v) is 1.70. The summed E-state index contributed by atoms with van der Waals surface area (Å²) in [6.45, 7) is 4.70. The van der Waals surface area contributed by atoms with Crippen LogP contribution in [0.1, 0.15) is 19.4 Å². The van der Waals surface area contributed by atoms with Gasteiger partial charge in [0.1, 0.15) is 0 Å². The zero-order valence-electron chi connectivity index (χ0n) is 11.4. The summed E-state index contributed by atoms with van der Waals surface area (Å²) in [5.74, 6) is -0.0283. The zero-order chi connectivity index (χ0) is 14.4. The molecule has 0 aliphatic rings. The van der Waals surface area contributed by atoms with Crippen molar-refractivity contribution in [1.29, 1.82) is 0 Å². The van der Waals surface area contributed by atoms with Crippen LogP contribution in [0, 0.1) is 10.1 Å². The van der Waals surface area contributed by atoms with Crippen molar-refractivity contribution in [3.8, 4) is 0 Å². The van der Waals surface area contributed by atoms with Gasteiger partial charge in [-0.2, -0.15) is 0 Å². The van der Waals surface area contributed by atoms with Gasteiger partial charge in [-0.05, 0) is 26.5 Å². The molecule has 1 amide bonds. The smallest absolute Gasteiger partial charge is 0.269 e. The molecule has 1 aromatic rings. The summed E-state index contributed by atoms with van der Waals surface area (Å²) in [6, 6.07) is 6.47. The number of carbonyl (C=O) groups excluding carboxylic acids is 1. The molecule has 0 saturated carbocycles. The Labute approximate surface area is 112 Å². The van der Waals surface area contributed by atoms with Gasteiger partial charge < -0.3 is 5.32 Å². The molecule has 1 rings (SSSR count). The first-order valence-corrected chi connectivity index (χ1v) is 6.09. The van der Waals surface area contributed by atoms with Gasteiger partial charge in [0.15, 0.2) is 0 Å². The standard InChI is InChI=1S/C13H19N3O3/c1-10(2)14-13(17)9-15(3)8-11-4-6-12(7-5-11)16(18)19/h4-7,10H,8-9H2,1-3H3,(H,14,17). The van der Waals surface area contributed by atoms with E-state index < -0.39 is 4.92 Å². The van der Waals surface area contributed by atoms with E-state index in [1.807, 2.05) is 25.8 Å². The molecule has 1 aromatic carbocycles. The molecule has 0 atom stereocenters. The fraction of sp³-hybridized carbons (Fsp3) is 0.462. The van der Waals surface area contributed by atoms with Crippen molar-refractivity contribution in [3.63, 3.8) is 0 Å². The van der Waals surface area contributed by atoms with Crippen LogP contribution in [0.2, 0.25) is 0 Å². The van der Waals surface area contributed by atoms with Crippen molar-refractivity contribution in [3.05, 3.63) is 39.9 Å². The first-order chi connectivity index (χ1) is 8.88. The maximum absolute atomic E-state index is 11.6. The molecule has 0 fully saturated rings. The Kier molecular flexibility index (Phi) is 5.44. The number of benzene rings is 1. The van der Waals surface area contributed by atoms with E-state index in [1.54, 1.807) is 12.1 Å². The van der Waals surface area contributed by atoms with Crippen LogP contribution >= 0.6 is 0 Å². The number of carbonyl (C=O) groups is 1. The highest BCUT2D eigenvalue weighted by Gasteiger charge is 2.09. The molecule has 0 unspecified atom stereocenters. The van der Waals surface area contributed by atoms with Crippen molar-refractivity contribution in [2.24, 2.45) is 0 Å². The minimum Gasteiger partial charge on any atom is -0.353 e. The maximum atomic E-state index is 11.6. The molecule has 0 aliphatic carbocycles. The van der Waals surface area contributed by atoms with Gasteiger partial charge in [0, 0.05) is 24.7 Å². The topological polar surface area (TPSA) is 75.5 Å². The van der Waals surface area contributed by atoms with E-state index in [9.17, 15) is 14.9 Å². The largest absolute Gasteiger partial charge is 0.353 e. The normalized spacial score (nSPS) is 10.8. The number of nitrogens with one attached hydrogen (secondary N) is 1. The molecule has 0 spiro atoms. The molecule has 104 valence electrons. The van der Waals surface area contributed by atoms with Gasteiger partial charge in [0.2, 0.25) is 5.91 Å². The second-order valence-electron chi connectivity index (χ2n) is 4.82. The van der Waals surface area contributed by atoms with Crippen LogP contribution in [-0.4, -0.2) is 35.4 Å². The Morgan fingerprint density at radius 1 is 1.37 bits per heavy atom. The lowest BCUT2D eigenvalue weighted by Gasteiger charge is -2.17. The molecule has 0 aromatic heterocycles. The Morgan fingerprint density at radius 2 is 1.95 bits per heavy atom. The first-order valence-electron chi connectivity index (χ1n) is 6.09. The van der Waals surface area contributed by atoms with Gasteiger partial charge in [0.05, 0.1) is 11.5 Å². The molecule has 0 radical (unpaired) electrons. The SMILES string of the molecule is CC(C)NC(=O)CN(C)Cc1ccc([N+](=O)[O-])cc1. The van der Waals surface area contributed by atoms with Crippen LogP contribution in [0.25, 0.3) is 0 Å². The minimum absolute atomic E-state index is 0.0283. The van der Waals surface area contributed by atoms with Gasteiger partial charge in [-0.3, -0.25) is 19.8 Å². The number of amides is 1. The zero-order valence-corrected chi connectivity index (χ0v) is 11.4. The van der Waals surface area contributed by atoms with E-state index in [0.717, 1.165) is 5.56 Å².